The van der Waals surface area contributed by atoms with E-state index < -0.39 is 23.6 Å². The summed E-state index contributed by atoms with van der Waals surface area (Å²) in [5.41, 5.74) is 5.98. The van der Waals surface area contributed by atoms with Crippen molar-refractivity contribution in [2.24, 2.45) is 5.73 Å². The number of carbonyl (C=O) groups is 3. The van der Waals surface area contributed by atoms with Gasteiger partial charge in [0.05, 0.1) is 11.7 Å². The van der Waals surface area contributed by atoms with Gasteiger partial charge in [0.1, 0.15) is 28.3 Å². The maximum Gasteiger partial charge on any atom is 0.405 e. The van der Waals surface area contributed by atoms with Crippen molar-refractivity contribution in [3.05, 3.63) is 64.8 Å². The molecule has 0 spiro atoms. The molecule has 11 heteroatoms. The van der Waals surface area contributed by atoms with Crippen LogP contribution in [0.1, 0.15) is 56.6 Å². The maximum absolute atomic E-state index is 13.2. The molecular weight excluding hydrogens is 501 g/mol. The number of halogens is 2. The van der Waals surface area contributed by atoms with Gasteiger partial charge in [-0.2, -0.15) is 0 Å². The van der Waals surface area contributed by atoms with Crippen LogP contribution in [-0.2, 0) is 16.0 Å². The molecule has 9 nitrogen and oxygen atoms in total. The third-order valence-corrected chi connectivity index (χ3v) is 5.13. The highest BCUT2D eigenvalue weighted by Crippen LogP contribution is 2.18. The van der Waals surface area contributed by atoms with Crippen LogP contribution in [0.4, 0.5) is 9.18 Å². The van der Waals surface area contributed by atoms with Gasteiger partial charge in [-0.05, 0) is 57.0 Å². The number of fused-ring (bicyclic) bond motifs is 1. The summed E-state index contributed by atoms with van der Waals surface area (Å²) in [7, 11) is 0. The monoisotopic (exact) mass is 533 g/mol. The third kappa shape index (κ3) is 10.5. The lowest BCUT2D eigenvalue weighted by Gasteiger charge is -2.18. The SMILES string of the molecule is CC(C)(C)OC(N)=O.CCCCNC(=O)[C@H](Cc1ccc(F)cc1)NC(=O)c1cc2cc(Cl)ncc2[nH]1. The van der Waals surface area contributed by atoms with E-state index in [0.29, 0.717) is 22.9 Å². The predicted molar refractivity (Wildman–Crippen MR) is 141 cm³/mol. The highest BCUT2D eigenvalue weighted by atomic mass is 35.5. The molecule has 0 aliphatic rings. The van der Waals surface area contributed by atoms with Crippen LogP contribution in [0.25, 0.3) is 10.9 Å². The summed E-state index contributed by atoms with van der Waals surface area (Å²) in [6, 6.07) is 8.38. The predicted octanol–water partition coefficient (Wildman–Crippen LogP) is 4.49. The van der Waals surface area contributed by atoms with Crippen molar-refractivity contribution < 1.29 is 23.5 Å². The lowest BCUT2D eigenvalue weighted by molar-refractivity contribution is -0.122. The van der Waals surface area contributed by atoms with E-state index in [2.05, 4.69) is 25.3 Å². The zero-order chi connectivity index (χ0) is 27.6. The minimum Gasteiger partial charge on any atom is -0.444 e. The Hall–Kier alpha value is -3.66. The number of hydrogen-bond donors (Lipinski definition) is 4. The number of amides is 3. The second kappa shape index (κ2) is 13.6. The van der Waals surface area contributed by atoms with Crippen LogP contribution in [0, 0.1) is 5.82 Å². The topological polar surface area (TPSA) is 139 Å². The van der Waals surface area contributed by atoms with Gasteiger partial charge < -0.3 is 26.1 Å². The van der Waals surface area contributed by atoms with E-state index in [0.717, 1.165) is 23.8 Å². The zero-order valence-corrected chi connectivity index (χ0v) is 22.1. The van der Waals surface area contributed by atoms with Crippen molar-refractivity contribution in [1.29, 1.82) is 0 Å². The molecule has 3 rings (SSSR count). The molecular formula is C26H33ClFN5O4. The molecule has 3 amide bonds. The summed E-state index contributed by atoms with van der Waals surface area (Å²) in [5, 5.41) is 6.68. The quantitative estimate of drug-likeness (QED) is 0.249. The Morgan fingerprint density at radius 3 is 2.43 bits per heavy atom. The number of benzene rings is 1. The first-order chi connectivity index (χ1) is 17.4. The van der Waals surface area contributed by atoms with Crippen molar-refractivity contribution in [3.8, 4) is 0 Å². The molecule has 0 unspecified atom stereocenters. The van der Waals surface area contributed by atoms with Crippen LogP contribution in [0.15, 0.2) is 42.6 Å². The number of primary amides is 1. The molecule has 2 aromatic heterocycles. The smallest absolute Gasteiger partial charge is 0.405 e. The average Bonchev–Trinajstić information content (AvgIpc) is 3.22. The van der Waals surface area contributed by atoms with Gasteiger partial charge in [0.25, 0.3) is 5.91 Å². The number of H-pyrrole nitrogens is 1. The summed E-state index contributed by atoms with van der Waals surface area (Å²) in [6.07, 6.45) is 2.86. The second-order valence-electron chi connectivity index (χ2n) is 9.31. The third-order valence-electron chi connectivity index (χ3n) is 4.93. The first-order valence-electron chi connectivity index (χ1n) is 11.8. The largest absolute Gasteiger partial charge is 0.444 e. The van der Waals surface area contributed by atoms with Crippen LogP contribution in [0.2, 0.25) is 5.15 Å². The number of nitrogens with zero attached hydrogens (tertiary/aromatic N) is 1. The number of rotatable bonds is 8. The fraction of sp³-hybridized carbons (Fsp3) is 0.385. The van der Waals surface area contributed by atoms with Crippen LogP contribution in [0.3, 0.4) is 0 Å². The van der Waals surface area contributed by atoms with Crippen LogP contribution >= 0.6 is 11.6 Å². The van der Waals surface area contributed by atoms with Gasteiger partial charge in [0, 0.05) is 18.4 Å². The van der Waals surface area contributed by atoms with Crippen molar-refractivity contribution >= 4 is 40.4 Å². The number of hydrogen-bond acceptors (Lipinski definition) is 5. The molecule has 1 aromatic carbocycles. The van der Waals surface area contributed by atoms with Crippen LogP contribution < -0.4 is 16.4 Å². The normalized spacial score (nSPS) is 11.7. The van der Waals surface area contributed by atoms with Crippen molar-refractivity contribution in [2.45, 2.75) is 58.6 Å². The fourth-order valence-electron chi connectivity index (χ4n) is 3.24. The van der Waals surface area contributed by atoms with Crippen LogP contribution in [-0.4, -0.2) is 46.1 Å². The highest BCUT2D eigenvalue weighted by molar-refractivity contribution is 6.30. The molecule has 0 aliphatic carbocycles. The Labute approximate surface area is 220 Å². The van der Waals surface area contributed by atoms with Gasteiger partial charge in [0.15, 0.2) is 0 Å². The number of nitrogens with two attached hydrogens (primary N) is 1. The number of ether oxygens (including phenoxy) is 1. The van der Waals surface area contributed by atoms with E-state index in [1.807, 2.05) is 6.92 Å². The van der Waals surface area contributed by atoms with E-state index in [-0.39, 0.29) is 18.1 Å². The van der Waals surface area contributed by atoms with Gasteiger partial charge in [-0.25, -0.2) is 14.2 Å². The Bertz CT molecular complexity index is 1210. The number of unbranched alkanes of at least 4 members (excludes halogenated alkanes) is 1. The maximum atomic E-state index is 13.2. The minimum absolute atomic E-state index is 0.248. The molecule has 0 saturated heterocycles. The molecule has 37 heavy (non-hydrogen) atoms. The molecule has 200 valence electrons. The Balaban J connectivity index is 0.000000521. The average molecular weight is 534 g/mol. The van der Waals surface area contributed by atoms with Crippen molar-refractivity contribution in [3.63, 3.8) is 0 Å². The molecule has 0 saturated carbocycles. The molecule has 0 radical (unpaired) electrons. The van der Waals surface area contributed by atoms with Gasteiger partial charge in [-0.3, -0.25) is 9.59 Å². The summed E-state index contributed by atoms with van der Waals surface area (Å²) in [4.78, 5) is 42.4. The molecule has 3 aromatic rings. The molecule has 2 heterocycles. The number of aromatic nitrogens is 2. The Morgan fingerprint density at radius 1 is 1.19 bits per heavy atom. The molecule has 0 fully saturated rings. The van der Waals surface area contributed by atoms with Gasteiger partial charge >= 0.3 is 6.09 Å². The first kappa shape index (κ1) is 29.6. The summed E-state index contributed by atoms with van der Waals surface area (Å²) < 4.78 is 17.8. The fourth-order valence-corrected chi connectivity index (χ4v) is 3.41. The zero-order valence-electron chi connectivity index (χ0n) is 21.4. The van der Waals surface area contributed by atoms with Gasteiger partial charge in [-0.15, -0.1) is 0 Å². The second-order valence-corrected chi connectivity index (χ2v) is 9.70. The molecule has 5 N–H and O–H groups in total. The number of nitrogens with one attached hydrogen (secondary N) is 3. The minimum atomic E-state index is -0.794. The van der Waals surface area contributed by atoms with E-state index in [4.69, 9.17) is 17.3 Å². The highest BCUT2D eigenvalue weighted by Gasteiger charge is 2.23. The summed E-state index contributed by atoms with van der Waals surface area (Å²) >= 11 is 5.89. The van der Waals surface area contributed by atoms with Crippen molar-refractivity contribution in [1.82, 2.24) is 20.6 Å². The van der Waals surface area contributed by atoms with Crippen molar-refractivity contribution in [2.75, 3.05) is 6.54 Å². The Kier molecular flexibility index (Phi) is 10.9. The summed E-state index contributed by atoms with van der Waals surface area (Å²) in [5.74, 6) is -1.06. The van der Waals surface area contributed by atoms with Gasteiger partial charge in [0.2, 0.25) is 5.91 Å². The van der Waals surface area contributed by atoms with Crippen LogP contribution in [0.5, 0.6) is 0 Å². The summed E-state index contributed by atoms with van der Waals surface area (Å²) in [6.45, 7) is 7.84. The number of pyridine rings is 1. The Morgan fingerprint density at radius 2 is 1.86 bits per heavy atom. The molecule has 0 aliphatic heterocycles. The number of carbonyl (C=O) groups excluding carboxylic acids is 3. The molecule has 0 bridgehead atoms. The number of aromatic amines is 1. The van der Waals surface area contributed by atoms with Gasteiger partial charge in [-0.1, -0.05) is 37.1 Å². The van der Waals surface area contributed by atoms with E-state index in [9.17, 15) is 18.8 Å². The lowest BCUT2D eigenvalue weighted by atomic mass is 10.0. The van der Waals surface area contributed by atoms with E-state index >= 15 is 0 Å². The lowest BCUT2D eigenvalue weighted by Crippen LogP contribution is -2.48. The van der Waals surface area contributed by atoms with E-state index in [1.165, 1.54) is 12.1 Å². The first-order valence-corrected chi connectivity index (χ1v) is 12.2. The molecule has 1 atom stereocenters. The van der Waals surface area contributed by atoms with E-state index in [1.54, 1.807) is 51.2 Å². The standard InChI is InChI=1S/C21H22ClFN4O2.C5H11NO2/c1-2-3-8-24-20(28)16(9-13-4-6-15(23)7-5-13)27-21(29)17-10-14-11-19(22)25-12-18(14)26-17;1-5(2,3)8-4(6)7/h4-7,10-12,16,26H,2-3,8-9H2,1H3,(H,24,28)(H,27,29);1-3H3,(H2,6,7)/t16-;/m0./s1.